The fourth-order valence-corrected chi connectivity index (χ4v) is 5.73. The first-order valence-corrected chi connectivity index (χ1v) is 13.4. The highest BCUT2D eigenvalue weighted by Crippen LogP contribution is 2.46. The van der Waals surface area contributed by atoms with Gasteiger partial charge in [0.25, 0.3) is 0 Å². The lowest BCUT2D eigenvalue weighted by Gasteiger charge is -2.33. The van der Waals surface area contributed by atoms with Crippen molar-refractivity contribution in [3.05, 3.63) is 78.9 Å². The van der Waals surface area contributed by atoms with Gasteiger partial charge >= 0.3 is 5.97 Å². The first-order valence-electron chi connectivity index (χ1n) is 11.0. The van der Waals surface area contributed by atoms with E-state index in [-0.39, 0.29) is 13.2 Å². The van der Waals surface area contributed by atoms with Crippen LogP contribution in [0.15, 0.2) is 62.7 Å². The van der Waals surface area contributed by atoms with E-state index in [0.717, 1.165) is 10.7 Å². The van der Waals surface area contributed by atoms with Gasteiger partial charge in [-0.2, -0.15) is 0 Å². The molecule has 2 aliphatic rings. The predicted molar refractivity (Wildman–Crippen MR) is 144 cm³/mol. The second-order valence-electron chi connectivity index (χ2n) is 7.58. The Kier molecular flexibility index (Phi) is 8.37. The van der Waals surface area contributed by atoms with Crippen LogP contribution in [0.2, 0.25) is 10.0 Å². The highest BCUT2D eigenvalue weighted by molar-refractivity contribution is 9.10. The van der Waals surface area contributed by atoms with Crippen molar-refractivity contribution in [2.75, 3.05) is 13.2 Å². The minimum atomic E-state index is -0.435. The SMILES string of the molecule is CCOC(=O)C1=C(C)N=C2SC=CN2[C@H]1c1cc(Br)c(OCc2c(Cl)cccc2Cl)c(OCC)c1. The molecule has 0 N–H and O–H groups in total. The lowest BCUT2D eigenvalue weighted by atomic mass is 9.94. The van der Waals surface area contributed by atoms with Crippen molar-refractivity contribution in [2.24, 2.45) is 4.99 Å². The number of benzene rings is 2. The van der Waals surface area contributed by atoms with Crippen molar-refractivity contribution < 1.29 is 19.0 Å². The Hall–Kier alpha value is -2.13. The molecule has 2 heterocycles. The molecule has 0 saturated carbocycles. The van der Waals surface area contributed by atoms with E-state index in [2.05, 4.69) is 20.9 Å². The molecule has 2 aromatic rings. The topological polar surface area (TPSA) is 60.4 Å². The number of thioether (sulfide) groups is 1. The molecule has 0 bridgehead atoms. The van der Waals surface area contributed by atoms with Crippen LogP contribution in [0.4, 0.5) is 0 Å². The monoisotopic (exact) mass is 596 g/mol. The van der Waals surface area contributed by atoms with Gasteiger partial charge in [-0.15, -0.1) is 0 Å². The molecule has 0 unspecified atom stereocenters. The van der Waals surface area contributed by atoms with E-state index < -0.39 is 12.0 Å². The summed E-state index contributed by atoms with van der Waals surface area (Å²) >= 11 is 17.8. The van der Waals surface area contributed by atoms with Gasteiger partial charge in [0.15, 0.2) is 16.7 Å². The summed E-state index contributed by atoms with van der Waals surface area (Å²) in [5.41, 5.74) is 2.61. The molecule has 35 heavy (non-hydrogen) atoms. The van der Waals surface area contributed by atoms with E-state index in [9.17, 15) is 4.79 Å². The lowest BCUT2D eigenvalue weighted by Crippen LogP contribution is -2.34. The van der Waals surface area contributed by atoms with Crippen molar-refractivity contribution in [1.29, 1.82) is 0 Å². The molecule has 184 valence electrons. The Bertz CT molecular complexity index is 1230. The van der Waals surface area contributed by atoms with E-state index in [0.29, 0.717) is 49.5 Å². The normalized spacial score (nSPS) is 16.8. The molecule has 0 radical (unpaired) electrons. The van der Waals surface area contributed by atoms with Gasteiger partial charge in [-0.3, -0.25) is 0 Å². The number of rotatable bonds is 8. The zero-order valence-electron chi connectivity index (χ0n) is 19.3. The summed E-state index contributed by atoms with van der Waals surface area (Å²) in [7, 11) is 0. The molecule has 2 aromatic carbocycles. The molecule has 0 amide bonds. The number of amidine groups is 1. The Labute approximate surface area is 227 Å². The number of halogens is 3. The van der Waals surface area contributed by atoms with Crippen LogP contribution in [0.1, 0.15) is 37.9 Å². The van der Waals surface area contributed by atoms with Crippen LogP contribution in [0.3, 0.4) is 0 Å². The number of nitrogens with zero attached hydrogens (tertiary/aromatic N) is 2. The fraction of sp³-hybridized carbons (Fsp3) is 0.280. The average molecular weight is 598 g/mol. The number of hydrogen-bond donors (Lipinski definition) is 0. The van der Waals surface area contributed by atoms with Gasteiger partial charge in [0.05, 0.1) is 35.0 Å². The van der Waals surface area contributed by atoms with Crippen LogP contribution >= 0.6 is 50.9 Å². The quantitative estimate of drug-likeness (QED) is 0.294. The van der Waals surface area contributed by atoms with E-state index in [1.807, 2.05) is 42.5 Å². The molecule has 2 aliphatic heterocycles. The summed E-state index contributed by atoms with van der Waals surface area (Å²) in [5, 5.41) is 3.78. The largest absolute Gasteiger partial charge is 0.490 e. The number of carbonyl (C=O) groups excluding carboxylic acids is 1. The molecule has 0 aliphatic carbocycles. The number of hydrogen-bond acceptors (Lipinski definition) is 7. The third kappa shape index (κ3) is 5.35. The van der Waals surface area contributed by atoms with E-state index in [1.165, 1.54) is 11.8 Å². The lowest BCUT2D eigenvalue weighted by molar-refractivity contribution is -0.139. The van der Waals surface area contributed by atoms with Gasteiger partial charge < -0.3 is 19.1 Å². The first kappa shape index (κ1) is 25.9. The molecular weight excluding hydrogens is 575 g/mol. The summed E-state index contributed by atoms with van der Waals surface area (Å²) in [4.78, 5) is 19.5. The highest BCUT2D eigenvalue weighted by atomic mass is 79.9. The number of ether oxygens (including phenoxy) is 3. The predicted octanol–water partition coefficient (Wildman–Crippen LogP) is 7.50. The van der Waals surface area contributed by atoms with Gasteiger partial charge in [-0.1, -0.05) is 41.0 Å². The zero-order valence-corrected chi connectivity index (χ0v) is 23.2. The maximum absolute atomic E-state index is 13.0. The maximum Gasteiger partial charge on any atom is 0.338 e. The molecule has 0 spiro atoms. The summed E-state index contributed by atoms with van der Waals surface area (Å²) in [6, 6.07) is 8.69. The summed E-state index contributed by atoms with van der Waals surface area (Å²) in [6.45, 7) is 6.37. The van der Waals surface area contributed by atoms with E-state index >= 15 is 0 Å². The Morgan fingerprint density at radius 1 is 1.17 bits per heavy atom. The Balaban J connectivity index is 1.75. The van der Waals surface area contributed by atoms with E-state index in [1.54, 1.807) is 25.1 Å². The zero-order chi connectivity index (χ0) is 25.1. The fourth-order valence-electron chi connectivity index (χ4n) is 3.86. The Morgan fingerprint density at radius 3 is 2.60 bits per heavy atom. The van der Waals surface area contributed by atoms with Gasteiger partial charge in [0.1, 0.15) is 6.61 Å². The van der Waals surface area contributed by atoms with Crippen LogP contribution in [-0.2, 0) is 16.1 Å². The first-order chi connectivity index (χ1) is 16.8. The molecular formula is C25H23BrCl2N2O4S. The number of allylic oxidation sites excluding steroid dienone is 1. The van der Waals surface area contributed by atoms with Crippen LogP contribution in [-0.4, -0.2) is 29.3 Å². The van der Waals surface area contributed by atoms with Crippen molar-refractivity contribution in [2.45, 2.75) is 33.4 Å². The molecule has 10 heteroatoms. The maximum atomic E-state index is 13.0. The van der Waals surface area contributed by atoms with Gasteiger partial charge in [0.2, 0.25) is 0 Å². The number of aliphatic imine (C=N–C) groups is 1. The van der Waals surface area contributed by atoms with Crippen LogP contribution in [0, 0.1) is 0 Å². The van der Waals surface area contributed by atoms with Crippen LogP contribution < -0.4 is 9.47 Å². The van der Waals surface area contributed by atoms with Crippen molar-refractivity contribution >= 4 is 62.0 Å². The molecule has 1 atom stereocenters. The van der Waals surface area contributed by atoms with Crippen LogP contribution in [0.25, 0.3) is 0 Å². The molecule has 6 nitrogen and oxygen atoms in total. The molecule has 0 fully saturated rings. The second-order valence-corrected chi connectivity index (χ2v) is 10.1. The molecule has 4 rings (SSSR count). The van der Waals surface area contributed by atoms with Crippen LogP contribution in [0.5, 0.6) is 11.5 Å². The third-order valence-electron chi connectivity index (χ3n) is 5.39. The second kappa shape index (κ2) is 11.3. The smallest absolute Gasteiger partial charge is 0.338 e. The molecule has 0 saturated heterocycles. The van der Waals surface area contributed by atoms with Crippen molar-refractivity contribution in [3.8, 4) is 11.5 Å². The third-order valence-corrected chi connectivity index (χ3v) is 7.45. The van der Waals surface area contributed by atoms with Gasteiger partial charge in [0, 0.05) is 21.8 Å². The summed E-state index contributed by atoms with van der Waals surface area (Å²) in [6.07, 6.45) is 1.91. The minimum Gasteiger partial charge on any atom is -0.490 e. The Morgan fingerprint density at radius 2 is 1.91 bits per heavy atom. The molecule has 0 aromatic heterocycles. The number of carbonyl (C=O) groups is 1. The standard InChI is InChI=1S/C25H23BrCl2N2O4S/c1-4-32-20-12-15(11-17(26)23(20)34-13-16-18(27)7-6-8-19(16)28)22-21(24(31)33-5-2)14(3)29-25-30(22)9-10-35-25/h6-12,22H,4-5,13H2,1-3H3/t22-/m0/s1. The van der Waals surface area contributed by atoms with Gasteiger partial charge in [-0.05, 0) is 71.9 Å². The van der Waals surface area contributed by atoms with E-state index in [4.69, 9.17) is 37.4 Å². The van der Waals surface area contributed by atoms with Crippen molar-refractivity contribution in [3.63, 3.8) is 0 Å². The highest BCUT2D eigenvalue weighted by Gasteiger charge is 2.38. The summed E-state index contributed by atoms with van der Waals surface area (Å²) in [5.74, 6) is 0.646. The average Bonchev–Trinajstić information content (AvgIpc) is 3.27. The number of fused-ring (bicyclic) bond motifs is 1. The number of esters is 1. The summed E-state index contributed by atoms with van der Waals surface area (Å²) < 4.78 is 18.1. The van der Waals surface area contributed by atoms with Gasteiger partial charge in [-0.25, -0.2) is 9.79 Å². The van der Waals surface area contributed by atoms with Crippen molar-refractivity contribution in [1.82, 2.24) is 4.90 Å². The minimum absolute atomic E-state index is 0.162.